The van der Waals surface area contributed by atoms with E-state index in [1.54, 1.807) is 0 Å². The van der Waals surface area contributed by atoms with Gasteiger partial charge in [0, 0.05) is 5.56 Å². The van der Waals surface area contributed by atoms with Crippen LogP contribution in [0.2, 0.25) is 0 Å². The minimum Gasteiger partial charge on any atom is -0.241 e. The predicted octanol–water partition coefficient (Wildman–Crippen LogP) is 3.09. The zero-order valence-corrected chi connectivity index (χ0v) is 10.2. The van der Waals surface area contributed by atoms with E-state index in [0.717, 1.165) is 5.56 Å². The number of aryl methyl sites for hydroxylation is 1. The first-order valence-electron chi connectivity index (χ1n) is 4.70. The number of benzene rings is 1. The fourth-order valence-corrected chi connectivity index (χ4v) is 1.64. The number of aromatic nitrogens is 2. The molecule has 0 spiro atoms. The number of halogens is 1. The fraction of sp³-hybridized carbons (Fsp3) is 0.0833. The summed E-state index contributed by atoms with van der Waals surface area (Å²) in [4.78, 5) is 8.30. The maximum atomic E-state index is 8.96. The van der Waals surface area contributed by atoms with Crippen LogP contribution in [0.5, 0.6) is 0 Å². The number of nitriles is 1. The lowest BCUT2D eigenvalue weighted by Gasteiger charge is -2.03. The van der Waals surface area contributed by atoms with Gasteiger partial charge in [-0.2, -0.15) is 5.26 Å². The molecule has 0 aliphatic rings. The molecule has 16 heavy (non-hydrogen) atoms. The Morgan fingerprint density at radius 3 is 2.56 bits per heavy atom. The van der Waals surface area contributed by atoms with Crippen LogP contribution in [0.15, 0.2) is 35.1 Å². The predicted molar refractivity (Wildman–Crippen MR) is 64.6 cm³/mol. The van der Waals surface area contributed by atoms with Crippen molar-refractivity contribution < 1.29 is 0 Å². The molecule has 0 radical (unpaired) electrons. The van der Waals surface area contributed by atoms with E-state index < -0.39 is 0 Å². The molecule has 3 nitrogen and oxygen atoms in total. The van der Waals surface area contributed by atoms with Crippen molar-refractivity contribution in [2.24, 2.45) is 0 Å². The molecular formula is C12H8BrN3. The van der Waals surface area contributed by atoms with Crippen molar-refractivity contribution in [3.63, 3.8) is 0 Å². The number of hydrogen-bond donors (Lipinski definition) is 0. The van der Waals surface area contributed by atoms with Gasteiger partial charge in [0.15, 0.2) is 5.69 Å². The van der Waals surface area contributed by atoms with Gasteiger partial charge in [-0.3, -0.25) is 0 Å². The van der Waals surface area contributed by atoms with Crippen LogP contribution < -0.4 is 0 Å². The molecule has 0 aliphatic heterocycles. The number of hydrogen-bond acceptors (Lipinski definition) is 3. The molecule has 0 unspecified atom stereocenters. The van der Waals surface area contributed by atoms with Crippen LogP contribution in [0.4, 0.5) is 0 Å². The molecular weight excluding hydrogens is 266 g/mol. The second-order valence-electron chi connectivity index (χ2n) is 3.37. The van der Waals surface area contributed by atoms with Gasteiger partial charge in [0.1, 0.15) is 16.4 Å². The summed E-state index contributed by atoms with van der Waals surface area (Å²) in [6.07, 6.45) is 1.52. The highest BCUT2D eigenvalue weighted by Crippen LogP contribution is 2.21. The van der Waals surface area contributed by atoms with E-state index in [1.807, 2.05) is 37.3 Å². The van der Waals surface area contributed by atoms with Gasteiger partial charge in [-0.25, -0.2) is 9.97 Å². The van der Waals surface area contributed by atoms with E-state index in [1.165, 1.54) is 11.8 Å². The molecule has 0 amide bonds. The van der Waals surface area contributed by atoms with Crippen LogP contribution in [-0.2, 0) is 0 Å². The van der Waals surface area contributed by atoms with Gasteiger partial charge in [-0.1, -0.05) is 29.8 Å². The van der Waals surface area contributed by atoms with Gasteiger partial charge in [0.2, 0.25) is 0 Å². The van der Waals surface area contributed by atoms with Gasteiger partial charge in [-0.05, 0) is 22.9 Å². The SMILES string of the molecule is Cc1ccc(-c2nc(Br)cnc2C#N)cc1. The van der Waals surface area contributed by atoms with E-state index in [-0.39, 0.29) is 0 Å². The quantitative estimate of drug-likeness (QED) is 0.802. The standard InChI is InChI=1S/C12H8BrN3/c1-8-2-4-9(5-3-8)12-10(6-14)15-7-11(13)16-12/h2-5,7H,1H3. The van der Waals surface area contributed by atoms with E-state index >= 15 is 0 Å². The summed E-state index contributed by atoms with van der Waals surface area (Å²) < 4.78 is 0.627. The molecule has 1 aromatic heterocycles. The van der Waals surface area contributed by atoms with Crippen molar-refractivity contribution in [3.8, 4) is 17.3 Å². The van der Waals surface area contributed by atoms with Crippen molar-refractivity contribution >= 4 is 15.9 Å². The van der Waals surface area contributed by atoms with Crippen molar-refractivity contribution in [1.82, 2.24) is 9.97 Å². The largest absolute Gasteiger partial charge is 0.241 e. The third-order valence-corrected chi connectivity index (χ3v) is 2.56. The van der Waals surface area contributed by atoms with Gasteiger partial charge in [0.05, 0.1) is 6.20 Å². The minimum atomic E-state index is 0.340. The average Bonchev–Trinajstić information content (AvgIpc) is 2.30. The van der Waals surface area contributed by atoms with Crippen LogP contribution in [0.1, 0.15) is 11.3 Å². The summed E-state index contributed by atoms with van der Waals surface area (Å²) in [7, 11) is 0. The highest BCUT2D eigenvalue weighted by Gasteiger charge is 2.08. The minimum absolute atomic E-state index is 0.340. The van der Waals surface area contributed by atoms with Crippen LogP contribution in [-0.4, -0.2) is 9.97 Å². The molecule has 2 aromatic rings. The van der Waals surface area contributed by atoms with Gasteiger partial charge < -0.3 is 0 Å². The Labute approximate surface area is 102 Å². The summed E-state index contributed by atoms with van der Waals surface area (Å²) >= 11 is 3.25. The molecule has 0 atom stereocenters. The third kappa shape index (κ3) is 2.10. The Morgan fingerprint density at radius 1 is 1.25 bits per heavy atom. The maximum absolute atomic E-state index is 8.96. The normalized spacial score (nSPS) is 9.81. The molecule has 1 heterocycles. The summed E-state index contributed by atoms with van der Waals surface area (Å²) in [5, 5.41) is 8.96. The first-order valence-corrected chi connectivity index (χ1v) is 5.49. The Balaban J connectivity index is 2.59. The smallest absolute Gasteiger partial charge is 0.166 e. The molecule has 0 fully saturated rings. The van der Waals surface area contributed by atoms with Gasteiger partial charge in [-0.15, -0.1) is 0 Å². The Hall–Kier alpha value is -1.73. The molecule has 0 bridgehead atoms. The maximum Gasteiger partial charge on any atom is 0.166 e. The zero-order valence-electron chi connectivity index (χ0n) is 8.61. The second-order valence-corrected chi connectivity index (χ2v) is 4.18. The van der Waals surface area contributed by atoms with E-state index in [0.29, 0.717) is 16.0 Å². The first-order chi connectivity index (χ1) is 7.70. The highest BCUT2D eigenvalue weighted by molar-refractivity contribution is 9.10. The summed E-state index contributed by atoms with van der Waals surface area (Å²) in [6, 6.07) is 9.89. The molecule has 4 heteroatoms. The second kappa shape index (κ2) is 4.42. The Bertz CT molecular complexity index is 555. The van der Waals surface area contributed by atoms with Crippen molar-refractivity contribution in [3.05, 3.63) is 46.3 Å². The summed E-state index contributed by atoms with van der Waals surface area (Å²) in [5.41, 5.74) is 3.02. The van der Waals surface area contributed by atoms with Crippen molar-refractivity contribution in [2.75, 3.05) is 0 Å². The Morgan fingerprint density at radius 2 is 1.94 bits per heavy atom. The van der Waals surface area contributed by atoms with Gasteiger partial charge >= 0.3 is 0 Å². The lowest BCUT2D eigenvalue weighted by Crippen LogP contribution is -1.93. The molecule has 0 N–H and O–H groups in total. The fourth-order valence-electron chi connectivity index (χ4n) is 1.36. The molecule has 0 saturated heterocycles. The van der Waals surface area contributed by atoms with Crippen molar-refractivity contribution in [2.45, 2.75) is 6.92 Å². The molecule has 0 aliphatic carbocycles. The van der Waals surface area contributed by atoms with E-state index in [4.69, 9.17) is 5.26 Å². The van der Waals surface area contributed by atoms with E-state index in [9.17, 15) is 0 Å². The van der Waals surface area contributed by atoms with Gasteiger partial charge in [0.25, 0.3) is 0 Å². The number of nitrogens with zero attached hydrogens (tertiary/aromatic N) is 3. The summed E-state index contributed by atoms with van der Waals surface area (Å²) in [5.74, 6) is 0. The van der Waals surface area contributed by atoms with Crippen LogP contribution in [0, 0.1) is 18.3 Å². The highest BCUT2D eigenvalue weighted by atomic mass is 79.9. The van der Waals surface area contributed by atoms with E-state index in [2.05, 4.69) is 25.9 Å². The topological polar surface area (TPSA) is 49.6 Å². The first kappa shape index (κ1) is 10.8. The van der Waals surface area contributed by atoms with Crippen LogP contribution in [0.3, 0.4) is 0 Å². The number of rotatable bonds is 1. The average molecular weight is 274 g/mol. The van der Waals surface area contributed by atoms with Crippen LogP contribution >= 0.6 is 15.9 Å². The Kier molecular flexibility index (Phi) is 2.97. The zero-order chi connectivity index (χ0) is 11.5. The van der Waals surface area contributed by atoms with Crippen molar-refractivity contribution in [1.29, 1.82) is 5.26 Å². The lowest BCUT2D eigenvalue weighted by atomic mass is 10.1. The third-order valence-electron chi connectivity index (χ3n) is 2.17. The molecule has 1 aromatic carbocycles. The molecule has 2 rings (SSSR count). The van der Waals surface area contributed by atoms with Crippen LogP contribution in [0.25, 0.3) is 11.3 Å². The molecule has 78 valence electrons. The summed E-state index contributed by atoms with van der Waals surface area (Å²) in [6.45, 7) is 2.02. The lowest BCUT2D eigenvalue weighted by molar-refractivity contribution is 1.14. The monoisotopic (exact) mass is 273 g/mol. The molecule has 0 saturated carbocycles.